The molecule has 1 heterocycles. The molecule has 0 aliphatic rings. The van der Waals surface area contributed by atoms with Gasteiger partial charge >= 0.3 is 0 Å². The highest BCUT2D eigenvalue weighted by Crippen LogP contribution is 2.29. The van der Waals surface area contributed by atoms with E-state index in [0.717, 1.165) is 22.3 Å². The van der Waals surface area contributed by atoms with Crippen LogP contribution in [0.15, 0.2) is 54.2 Å². The maximum Gasteiger partial charge on any atom is 0.191 e. The molecule has 0 saturated heterocycles. The van der Waals surface area contributed by atoms with Crippen molar-refractivity contribution < 1.29 is 9.13 Å². The molecule has 0 N–H and O–H groups in total. The van der Waals surface area contributed by atoms with E-state index in [2.05, 4.69) is 30.6 Å². The van der Waals surface area contributed by atoms with Gasteiger partial charge in [0.05, 0.1) is 0 Å². The van der Waals surface area contributed by atoms with E-state index in [0.29, 0.717) is 17.3 Å². The fourth-order valence-electron chi connectivity index (χ4n) is 2.83. The second-order valence-corrected chi connectivity index (χ2v) is 8.12. The van der Waals surface area contributed by atoms with Gasteiger partial charge in [0.2, 0.25) is 0 Å². The first-order valence-electron chi connectivity index (χ1n) is 9.23. The third-order valence-electron chi connectivity index (χ3n) is 4.58. The summed E-state index contributed by atoms with van der Waals surface area (Å²) in [6.07, 6.45) is 1.51. The molecule has 0 radical (unpaired) electrons. The molecule has 0 spiro atoms. The maximum absolute atomic E-state index is 13.3. The van der Waals surface area contributed by atoms with Gasteiger partial charge < -0.3 is 4.74 Å². The van der Waals surface area contributed by atoms with Crippen molar-refractivity contribution in [2.75, 3.05) is 0 Å². The van der Waals surface area contributed by atoms with Crippen molar-refractivity contribution in [2.24, 2.45) is 0 Å². The summed E-state index contributed by atoms with van der Waals surface area (Å²) < 4.78 is 21.3. The topological polar surface area (TPSA) is 39.9 Å². The summed E-state index contributed by atoms with van der Waals surface area (Å²) in [6, 6.07) is 10.4. The lowest BCUT2D eigenvalue weighted by molar-refractivity contribution is 0.210. The Morgan fingerprint density at radius 3 is 2.69 bits per heavy atom. The standard InChI is InChI=1S/C22H23ClFN3OS/c1-5-10-27-21(16(4)28-19-9-6-14(2)15(3)11-19)25-26-22(27)29-13-17-7-8-18(24)12-20(17)23/h5-9,11-12,16H,1,10,13H2,2-4H3. The number of hydrogen-bond acceptors (Lipinski definition) is 4. The Hall–Kier alpha value is -2.31. The molecule has 0 aliphatic heterocycles. The number of allylic oxidation sites excluding steroid dienone is 1. The molecule has 152 valence electrons. The minimum absolute atomic E-state index is 0.284. The fraction of sp³-hybridized carbons (Fsp3) is 0.273. The molecule has 0 saturated carbocycles. The van der Waals surface area contributed by atoms with E-state index >= 15 is 0 Å². The lowest BCUT2D eigenvalue weighted by atomic mass is 10.1. The summed E-state index contributed by atoms with van der Waals surface area (Å²) in [5, 5.41) is 9.80. The molecular weight excluding hydrogens is 409 g/mol. The van der Waals surface area contributed by atoms with Gasteiger partial charge in [0.25, 0.3) is 0 Å². The van der Waals surface area contributed by atoms with Crippen molar-refractivity contribution >= 4 is 23.4 Å². The zero-order chi connectivity index (χ0) is 21.0. The molecule has 1 unspecified atom stereocenters. The first-order valence-corrected chi connectivity index (χ1v) is 10.6. The molecule has 4 nitrogen and oxygen atoms in total. The average Bonchev–Trinajstić information content (AvgIpc) is 3.07. The average molecular weight is 432 g/mol. The van der Waals surface area contributed by atoms with Crippen LogP contribution in [0.2, 0.25) is 5.02 Å². The lowest BCUT2D eigenvalue weighted by Crippen LogP contribution is -2.12. The number of thioether (sulfide) groups is 1. The number of benzene rings is 2. The van der Waals surface area contributed by atoms with Gasteiger partial charge in [-0.25, -0.2) is 4.39 Å². The number of nitrogens with zero attached hydrogens (tertiary/aromatic N) is 3. The van der Waals surface area contributed by atoms with Gasteiger partial charge in [-0.3, -0.25) is 4.57 Å². The third-order valence-corrected chi connectivity index (χ3v) is 5.95. The summed E-state index contributed by atoms with van der Waals surface area (Å²) in [5.41, 5.74) is 3.24. The first kappa shape index (κ1) is 21.4. The number of halogens is 2. The molecule has 0 aliphatic carbocycles. The van der Waals surface area contributed by atoms with Gasteiger partial charge in [-0.05, 0) is 61.7 Å². The number of ether oxygens (including phenoxy) is 1. The van der Waals surface area contributed by atoms with Crippen LogP contribution in [-0.4, -0.2) is 14.8 Å². The largest absolute Gasteiger partial charge is 0.483 e. The smallest absolute Gasteiger partial charge is 0.191 e. The van der Waals surface area contributed by atoms with Crippen LogP contribution in [0.4, 0.5) is 4.39 Å². The maximum atomic E-state index is 13.3. The van der Waals surface area contributed by atoms with E-state index in [1.54, 1.807) is 12.1 Å². The summed E-state index contributed by atoms with van der Waals surface area (Å²) in [6.45, 7) is 10.5. The van der Waals surface area contributed by atoms with Crippen LogP contribution in [0.25, 0.3) is 0 Å². The summed E-state index contributed by atoms with van der Waals surface area (Å²) in [5.74, 6) is 1.72. The van der Waals surface area contributed by atoms with Gasteiger partial charge in [0.1, 0.15) is 11.6 Å². The Balaban J connectivity index is 1.78. The molecule has 1 atom stereocenters. The summed E-state index contributed by atoms with van der Waals surface area (Å²) >= 11 is 7.62. The van der Waals surface area contributed by atoms with Gasteiger partial charge in [-0.2, -0.15) is 0 Å². The SMILES string of the molecule is C=CCn1c(SCc2ccc(F)cc2Cl)nnc1C(C)Oc1ccc(C)c(C)c1. The number of aryl methyl sites for hydroxylation is 2. The van der Waals surface area contributed by atoms with E-state index in [1.165, 1.54) is 35.0 Å². The Labute approximate surface area is 179 Å². The molecule has 3 aromatic rings. The molecule has 29 heavy (non-hydrogen) atoms. The normalized spacial score (nSPS) is 12.0. The second kappa shape index (κ2) is 9.46. The van der Waals surface area contributed by atoms with Crippen LogP contribution in [0, 0.1) is 19.7 Å². The molecule has 1 aromatic heterocycles. The van der Waals surface area contributed by atoms with Crippen molar-refractivity contribution in [2.45, 2.75) is 44.3 Å². The molecular formula is C22H23ClFN3OS. The predicted octanol–water partition coefficient (Wildman–Crippen LogP) is 6.31. The van der Waals surface area contributed by atoms with Crippen LogP contribution in [-0.2, 0) is 12.3 Å². The second-order valence-electron chi connectivity index (χ2n) is 6.77. The van der Waals surface area contributed by atoms with E-state index in [1.807, 2.05) is 29.7 Å². The summed E-state index contributed by atoms with van der Waals surface area (Å²) in [4.78, 5) is 0. The van der Waals surface area contributed by atoms with E-state index in [9.17, 15) is 4.39 Å². The zero-order valence-electron chi connectivity index (χ0n) is 16.7. The van der Waals surface area contributed by atoms with Crippen molar-refractivity contribution in [3.8, 4) is 5.75 Å². The van der Waals surface area contributed by atoms with E-state index in [4.69, 9.17) is 16.3 Å². The van der Waals surface area contributed by atoms with Gasteiger partial charge in [0.15, 0.2) is 17.1 Å². The highest BCUT2D eigenvalue weighted by Gasteiger charge is 2.19. The van der Waals surface area contributed by atoms with Crippen LogP contribution in [0.1, 0.15) is 35.5 Å². The first-order chi connectivity index (χ1) is 13.9. The van der Waals surface area contributed by atoms with E-state index < -0.39 is 0 Å². The van der Waals surface area contributed by atoms with Crippen molar-refractivity contribution in [1.29, 1.82) is 0 Å². The highest BCUT2D eigenvalue weighted by molar-refractivity contribution is 7.98. The van der Waals surface area contributed by atoms with Gasteiger partial charge in [-0.15, -0.1) is 16.8 Å². The molecule has 3 rings (SSSR count). The molecule has 0 amide bonds. The van der Waals surface area contributed by atoms with Crippen molar-refractivity contribution in [3.63, 3.8) is 0 Å². The highest BCUT2D eigenvalue weighted by atomic mass is 35.5. The Morgan fingerprint density at radius 1 is 1.21 bits per heavy atom. The monoisotopic (exact) mass is 431 g/mol. The van der Waals surface area contributed by atoms with E-state index in [-0.39, 0.29) is 11.9 Å². The number of rotatable bonds is 8. The zero-order valence-corrected chi connectivity index (χ0v) is 18.2. The van der Waals surface area contributed by atoms with Crippen molar-refractivity contribution in [1.82, 2.24) is 14.8 Å². The van der Waals surface area contributed by atoms with Crippen LogP contribution >= 0.6 is 23.4 Å². The Morgan fingerprint density at radius 2 is 2.00 bits per heavy atom. The molecule has 0 fully saturated rings. The summed E-state index contributed by atoms with van der Waals surface area (Å²) in [7, 11) is 0. The predicted molar refractivity (Wildman–Crippen MR) is 116 cm³/mol. The lowest BCUT2D eigenvalue weighted by Gasteiger charge is -2.16. The quantitative estimate of drug-likeness (QED) is 0.309. The van der Waals surface area contributed by atoms with Gasteiger partial charge in [0, 0.05) is 17.3 Å². The van der Waals surface area contributed by atoms with Crippen LogP contribution in [0.3, 0.4) is 0 Å². The Kier molecular flexibility index (Phi) is 6.98. The minimum atomic E-state index is -0.349. The van der Waals surface area contributed by atoms with Crippen molar-refractivity contribution in [3.05, 3.63) is 82.4 Å². The van der Waals surface area contributed by atoms with Crippen LogP contribution < -0.4 is 4.74 Å². The third kappa shape index (κ3) is 5.19. The van der Waals surface area contributed by atoms with Gasteiger partial charge in [-0.1, -0.05) is 41.6 Å². The minimum Gasteiger partial charge on any atom is -0.483 e. The number of aromatic nitrogens is 3. The number of hydrogen-bond donors (Lipinski definition) is 0. The Bertz CT molecular complexity index is 1020. The van der Waals surface area contributed by atoms with Crippen LogP contribution in [0.5, 0.6) is 5.75 Å². The molecule has 7 heteroatoms. The fourth-order valence-corrected chi connectivity index (χ4v) is 4.11. The molecule has 0 bridgehead atoms. The molecule has 2 aromatic carbocycles.